The lowest BCUT2D eigenvalue weighted by molar-refractivity contribution is 0.283. The van der Waals surface area contributed by atoms with E-state index in [-0.39, 0.29) is 6.61 Å². The molecule has 1 atom stereocenters. The average Bonchev–Trinajstić information content (AvgIpc) is 2.80. The van der Waals surface area contributed by atoms with Gasteiger partial charge in [-0.05, 0) is 46.1 Å². The van der Waals surface area contributed by atoms with Gasteiger partial charge in [-0.1, -0.05) is 99.6 Å². The number of benzene rings is 4. The molecule has 2 nitrogen and oxygen atoms in total. The Morgan fingerprint density at radius 3 is 2.03 bits per heavy atom. The first-order valence-electron chi connectivity index (χ1n) is 10.1. The first-order valence-corrected chi connectivity index (χ1v) is 11.1. The van der Waals surface area contributed by atoms with E-state index in [1.807, 2.05) is 42.5 Å². The number of aliphatic hydroxyl groups is 1. The van der Waals surface area contributed by atoms with E-state index < -0.39 is 0 Å². The third kappa shape index (κ3) is 5.36. The Kier molecular flexibility index (Phi) is 6.92. The Balaban J connectivity index is 1.62. The van der Waals surface area contributed by atoms with Gasteiger partial charge in [0.1, 0.15) is 12.4 Å². The smallest absolute Gasteiger partial charge is 0.127 e. The molecule has 0 aliphatic rings. The molecule has 4 aromatic carbocycles. The lowest BCUT2D eigenvalue weighted by Gasteiger charge is -2.15. The van der Waals surface area contributed by atoms with Gasteiger partial charge in [-0.2, -0.15) is 0 Å². The van der Waals surface area contributed by atoms with Crippen LogP contribution in [0.2, 0.25) is 0 Å². The summed E-state index contributed by atoms with van der Waals surface area (Å²) in [6, 6.07) is 35.3. The van der Waals surface area contributed by atoms with Crippen LogP contribution in [0.25, 0.3) is 0 Å². The van der Waals surface area contributed by atoms with Gasteiger partial charge in [-0.25, -0.2) is 0 Å². The number of aliphatic hydroxyl groups excluding tert-OH is 1. The molecule has 0 bridgehead atoms. The molecule has 0 aromatic heterocycles. The minimum atomic E-state index is 0.0487. The van der Waals surface area contributed by atoms with Gasteiger partial charge in [-0.15, -0.1) is 0 Å². The molecule has 0 fully saturated rings. The molecular weight excluding hydrogens is 387 g/mol. The first-order chi connectivity index (χ1) is 14.8. The first kappa shape index (κ1) is 20.3. The van der Waals surface area contributed by atoms with Crippen molar-refractivity contribution in [1.82, 2.24) is 0 Å². The number of rotatable bonds is 8. The van der Waals surface area contributed by atoms with E-state index in [0.717, 1.165) is 28.6 Å². The molecule has 4 aromatic rings. The zero-order valence-electron chi connectivity index (χ0n) is 16.8. The van der Waals surface area contributed by atoms with Crippen molar-refractivity contribution >= 4 is 19.2 Å². The fraction of sp³-hybridized carbons (Fsp3) is 0.111. The highest BCUT2D eigenvalue weighted by Gasteiger charge is 2.10. The number of hydrogen-bond acceptors (Lipinski definition) is 2. The monoisotopic (exact) mass is 412 g/mol. The molecule has 3 heteroatoms. The van der Waals surface area contributed by atoms with Crippen LogP contribution in [-0.4, -0.2) is 5.11 Å². The molecule has 1 N–H and O–H groups in total. The van der Waals surface area contributed by atoms with Gasteiger partial charge in [0.25, 0.3) is 0 Å². The van der Waals surface area contributed by atoms with Crippen LogP contribution in [0, 0.1) is 0 Å². The molecule has 30 heavy (non-hydrogen) atoms. The zero-order chi connectivity index (χ0) is 20.6. The molecule has 150 valence electrons. The molecule has 0 amide bonds. The maximum atomic E-state index is 9.74. The second-order valence-electron chi connectivity index (χ2n) is 7.21. The minimum Gasteiger partial charge on any atom is -0.488 e. The van der Waals surface area contributed by atoms with Crippen LogP contribution >= 0.6 is 8.58 Å². The Hall–Kier alpha value is -2.93. The zero-order valence-corrected chi connectivity index (χ0v) is 17.8. The lowest BCUT2D eigenvalue weighted by Crippen LogP contribution is -2.13. The molecule has 1 unspecified atom stereocenters. The molecule has 0 spiro atoms. The molecule has 0 saturated carbocycles. The van der Waals surface area contributed by atoms with Crippen molar-refractivity contribution in [2.24, 2.45) is 0 Å². The summed E-state index contributed by atoms with van der Waals surface area (Å²) in [5.74, 6) is 0.904. The van der Waals surface area contributed by atoms with Crippen molar-refractivity contribution in [2.75, 3.05) is 0 Å². The number of ether oxygens (including phenoxy) is 1. The summed E-state index contributed by atoms with van der Waals surface area (Å²) in [7, 11) is 0.421. The van der Waals surface area contributed by atoms with E-state index in [0.29, 0.717) is 15.2 Å². The van der Waals surface area contributed by atoms with E-state index >= 15 is 0 Å². The Morgan fingerprint density at radius 1 is 0.633 bits per heavy atom. The predicted molar refractivity (Wildman–Crippen MR) is 126 cm³/mol. The van der Waals surface area contributed by atoms with E-state index in [4.69, 9.17) is 4.74 Å². The van der Waals surface area contributed by atoms with E-state index in [9.17, 15) is 5.11 Å². The van der Waals surface area contributed by atoms with Crippen LogP contribution in [0.15, 0.2) is 103 Å². The fourth-order valence-electron chi connectivity index (χ4n) is 3.40. The summed E-state index contributed by atoms with van der Waals surface area (Å²) >= 11 is 0. The van der Waals surface area contributed by atoms with E-state index in [1.54, 1.807) is 0 Å². The van der Waals surface area contributed by atoms with Gasteiger partial charge in [0.15, 0.2) is 0 Å². The Labute approximate surface area is 180 Å². The molecular formula is C27H25O2P. The van der Waals surface area contributed by atoms with Crippen LogP contribution < -0.4 is 15.3 Å². The Bertz CT molecular complexity index is 1080. The van der Waals surface area contributed by atoms with Crippen molar-refractivity contribution in [3.8, 4) is 5.75 Å². The average molecular weight is 412 g/mol. The highest BCUT2D eigenvalue weighted by molar-refractivity contribution is 7.55. The largest absolute Gasteiger partial charge is 0.488 e. The lowest BCUT2D eigenvalue weighted by atomic mass is 10.1. The molecule has 0 saturated heterocycles. The molecule has 0 radical (unpaired) electrons. The van der Waals surface area contributed by atoms with Crippen LogP contribution in [0.5, 0.6) is 5.75 Å². The summed E-state index contributed by atoms with van der Waals surface area (Å²) in [5.41, 5.74) is 4.67. The summed E-state index contributed by atoms with van der Waals surface area (Å²) in [5, 5.41) is 12.1. The van der Waals surface area contributed by atoms with Crippen molar-refractivity contribution < 1.29 is 9.84 Å². The minimum absolute atomic E-state index is 0.0487. The molecule has 0 aliphatic heterocycles. The van der Waals surface area contributed by atoms with E-state index in [1.165, 1.54) is 16.4 Å². The van der Waals surface area contributed by atoms with Crippen LogP contribution in [0.4, 0.5) is 0 Å². The summed E-state index contributed by atoms with van der Waals surface area (Å²) in [6.07, 6.45) is 0.888. The predicted octanol–water partition coefficient (Wildman–Crippen LogP) is 4.98. The SMILES string of the molecule is OCc1ccccc1Pc1cc(Cc2ccccc2)ccc1OCc1ccccc1. The van der Waals surface area contributed by atoms with Crippen molar-refractivity contribution in [2.45, 2.75) is 19.6 Å². The third-order valence-electron chi connectivity index (χ3n) is 4.99. The standard InChI is InChI=1S/C27H25O2P/c28-19-24-13-7-8-14-26(24)30-27-18-23(17-21-9-3-1-4-10-21)15-16-25(27)29-20-22-11-5-2-6-12-22/h1-16,18,28,30H,17,19-20H2. The molecule has 4 rings (SSSR count). The van der Waals surface area contributed by atoms with Gasteiger partial charge in [0.2, 0.25) is 0 Å². The quantitative estimate of drug-likeness (QED) is 0.414. The highest BCUT2D eigenvalue weighted by Crippen LogP contribution is 2.24. The summed E-state index contributed by atoms with van der Waals surface area (Å²) < 4.78 is 6.22. The van der Waals surface area contributed by atoms with Crippen LogP contribution in [0.3, 0.4) is 0 Å². The van der Waals surface area contributed by atoms with Gasteiger partial charge in [-0.3, -0.25) is 0 Å². The van der Waals surface area contributed by atoms with Gasteiger partial charge in [0.05, 0.1) is 6.61 Å². The summed E-state index contributed by atoms with van der Waals surface area (Å²) in [4.78, 5) is 0. The number of hydrogen-bond donors (Lipinski definition) is 1. The highest BCUT2D eigenvalue weighted by atomic mass is 31.1. The van der Waals surface area contributed by atoms with Crippen LogP contribution in [0.1, 0.15) is 22.3 Å². The molecule has 0 aliphatic carbocycles. The van der Waals surface area contributed by atoms with Crippen molar-refractivity contribution in [1.29, 1.82) is 0 Å². The maximum Gasteiger partial charge on any atom is 0.127 e. The van der Waals surface area contributed by atoms with Gasteiger partial charge < -0.3 is 9.84 Å². The Morgan fingerprint density at radius 2 is 1.30 bits per heavy atom. The maximum absolute atomic E-state index is 9.74. The van der Waals surface area contributed by atoms with Crippen molar-refractivity contribution in [3.63, 3.8) is 0 Å². The topological polar surface area (TPSA) is 29.5 Å². The third-order valence-corrected chi connectivity index (χ3v) is 6.41. The van der Waals surface area contributed by atoms with Gasteiger partial charge >= 0.3 is 0 Å². The van der Waals surface area contributed by atoms with Gasteiger partial charge in [0, 0.05) is 5.30 Å². The molecule has 0 heterocycles. The van der Waals surface area contributed by atoms with E-state index in [2.05, 4.69) is 60.7 Å². The van der Waals surface area contributed by atoms with Crippen molar-refractivity contribution in [3.05, 3.63) is 125 Å². The normalized spacial score (nSPS) is 11.1. The second-order valence-corrected chi connectivity index (χ2v) is 8.53. The summed E-state index contributed by atoms with van der Waals surface area (Å²) in [6.45, 7) is 0.588. The second kappa shape index (κ2) is 10.2. The fourth-order valence-corrected chi connectivity index (χ4v) is 4.73. The van der Waals surface area contributed by atoms with Crippen LogP contribution in [-0.2, 0) is 19.6 Å².